The molecule has 0 aliphatic rings. The maximum Gasteiger partial charge on any atom is 0.249 e. The minimum absolute atomic E-state index is 0.185. The number of nitrogens with zero attached hydrogens (tertiary/aromatic N) is 1. The third kappa shape index (κ3) is 7.40. The smallest absolute Gasteiger partial charge is 0.249 e. The fourth-order valence-corrected chi connectivity index (χ4v) is 1.66. The SMILES string of the molecule is CCN(CC)CCNC(=O)CNC(=O)[C@H](O)C(C)(C)CO. The van der Waals surface area contributed by atoms with Crippen molar-refractivity contribution >= 4 is 11.8 Å². The number of hydrogen-bond acceptors (Lipinski definition) is 5. The summed E-state index contributed by atoms with van der Waals surface area (Å²) < 4.78 is 0. The lowest BCUT2D eigenvalue weighted by molar-refractivity contribution is -0.138. The van der Waals surface area contributed by atoms with Gasteiger partial charge in [-0.3, -0.25) is 9.59 Å². The van der Waals surface area contributed by atoms with Crippen molar-refractivity contribution in [3.8, 4) is 0 Å². The van der Waals surface area contributed by atoms with E-state index in [-0.39, 0.29) is 19.1 Å². The van der Waals surface area contributed by atoms with Crippen LogP contribution >= 0.6 is 0 Å². The molecule has 1 atom stereocenters. The van der Waals surface area contributed by atoms with E-state index in [4.69, 9.17) is 5.11 Å². The quantitative estimate of drug-likeness (QED) is 0.412. The highest BCUT2D eigenvalue weighted by atomic mass is 16.3. The molecule has 0 bridgehead atoms. The zero-order valence-electron chi connectivity index (χ0n) is 13.5. The van der Waals surface area contributed by atoms with E-state index < -0.39 is 17.4 Å². The van der Waals surface area contributed by atoms with Crippen molar-refractivity contribution in [2.45, 2.75) is 33.8 Å². The molecule has 4 N–H and O–H groups in total. The van der Waals surface area contributed by atoms with Crippen LogP contribution in [0.3, 0.4) is 0 Å². The van der Waals surface area contributed by atoms with E-state index in [2.05, 4.69) is 29.4 Å². The predicted molar refractivity (Wildman–Crippen MR) is 80.7 cm³/mol. The number of aliphatic hydroxyl groups is 2. The molecule has 0 spiro atoms. The number of aliphatic hydroxyl groups excluding tert-OH is 2. The fraction of sp³-hybridized carbons (Fsp3) is 0.857. The van der Waals surface area contributed by atoms with Gasteiger partial charge in [0, 0.05) is 18.5 Å². The van der Waals surface area contributed by atoms with Gasteiger partial charge in [0.25, 0.3) is 0 Å². The third-order valence-electron chi connectivity index (χ3n) is 3.46. The molecular formula is C14H29N3O4. The average molecular weight is 303 g/mol. The van der Waals surface area contributed by atoms with E-state index in [1.54, 1.807) is 13.8 Å². The molecule has 0 aromatic rings. The summed E-state index contributed by atoms with van der Waals surface area (Å²) in [7, 11) is 0. The van der Waals surface area contributed by atoms with Gasteiger partial charge in [-0.15, -0.1) is 0 Å². The van der Waals surface area contributed by atoms with Crippen molar-refractivity contribution in [1.29, 1.82) is 0 Å². The Bertz CT molecular complexity index is 330. The second-order valence-electron chi connectivity index (χ2n) is 5.64. The third-order valence-corrected chi connectivity index (χ3v) is 3.46. The summed E-state index contributed by atoms with van der Waals surface area (Å²) in [5.74, 6) is -0.961. The van der Waals surface area contributed by atoms with Crippen LogP contribution in [0.5, 0.6) is 0 Å². The molecule has 2 amide bonds. The Hall–Kier alpha value is -1.18. The van der Waals surface area contributed by atoms with Crippen molar-refractivity contribution in [2.75, 3.05) is 39.3 Å². The molecule has 124 valence electrons. The first kappa shape index (κ1) is 19.8. The van der Waals surface area contributed by atoms with Crippen LogP contribution in [0.4, 0.5) is 0 Å². The van der Waals surface area contributed by atoms with Crippen LogP contribution in [0.2, 0.25) is 0 Å². The molecule has 7 nitrogen and oxygen atoms in total. The molecule has 7 heteroatoms. The molecule has 0 aliphatic carbocycles. The van der Waals surface area contributed by atoms with Crippen LogP contribution in [0, 0.1) is 5.41 Å². The normalized spacial score (nSPS) is 13.1. The monoisotopic (exact) mass is 303 g/mol. The van der Waals surface area contributed by atoms with Crippen LogP contribution in [0.15, 0.2) is 0 Å². The van der Waals surface area contributed by atoms with Gasteiger partial charge in [-0.2, -0.15) is 0 Å². The van der Waals surface area contributed by atoms with Gasteiger partial charge < -0.3 is 25.7 Å². The molecular weight excluding hydrogens is 274 g/mol. The fourth-order valence-electron chi connectivity index (χ4n) is 1.66. The Labute approximate surface area is 126 Å². The number of nitrogens with one attached hydrogen (secondary N) is 2. The lowest BCUT2D eigenvalue weighted by Crippen LogP contribution is -2.48. The molecule has 0 saturated heterocycles. The number of hydrogen-bond donors (Lipinski definition) is 4. The summed E-state index contributed by atoms with van der Waals surface area (Å²) >= 11 is 0. The van der Waals surface area contributed by atoms with Crippen LogP contribution < -0.4 is 10.6 Å². The van der Waals surface area contributed by atoms with Gasteiger partial charge in [0.05, 0.1) is 13.2 Å². The average Bonchev–Trinajstić information content (AvgIpc) is 2.48. The Kier molecular flexibility index (Phi) is 9.16. The molecule has 0 radical (unpaired) electrons. The number of likely N-dealkylation sites (N-methyl/N-ethyl adjacent to an activating group) is 1. The molecule has 21 heavy (non-hydrogen) atoms. The van der Waals surface area contributed by atoms with Crippen LogP contribution in [0.25, 0.3) is 0 Å². The molecule has 0 rings (SSSR count). The van der Waals surface area contributed by atoms with E-state index in [0.29, 0.717) is 6.54 Å². The molecule has 0 aliphatic heterocycles. The largest absolute Gasteiger partial charge is 0.396 e. The zero-order valence-corrected chi connectivity index (χ0v) is 13.5. The van der Waals surface area contributed by atoms with Gasteiger partial charge in [0.2, 0.25) is 11.8 Å². The van der Waals surface area contributed by atoms with E-state index in [9.17, 15) is 14.7 Å². The first-order valence-corrected chi connectivity index (χ1v) is 7.34. The van der Waals surface area contributed by atoms with Crippen molar-refractivity contribution in [2.24, 2.45) is 5.41 Å². The van der Waals surface area contributed by atoms with Crippen LogP contribution in [-0.4, -0.2) is 72.4 Å². The molecule has 0 unspecified atom stereocenters. The lowest BCUT2D eigenvalue weighted by atomic mass is 9.87. The Morgan fingerprint density at radius 2 is 1.76 bits per heavy atom. The second-order valence-corrected chi connectivity index (χ2v) is 5.64. The predicted octanol–water partition coefficient (Wildman–Crippen LogP) is -1.06. The van der Waals surface area contributed by atoms with Gasteiger partial charge in [-0.1, -0.05) is 27.7 Å². The van der Waals surface area contributed by atoms with Crippen molar-refractivity contribution < 1.29 is 19.8 Å². The van der Waals surface area contributed by atoms with E-state index >= 15 is 0 Å². The summed E-state index contributed by atoms with van der Waals surface area (Å²) in [4.78, 5) is 25.4. The number of rotatable bonds is 10. The van der Waals surface area contributed by atoms with Crippen molar-refractivity contribution in [1.82, 2.24) is 15.5 Å². The van der Waals surface area contributed by atoms with Gasteiger partial charge in [-0.05, 0) is 13.1 Å². The van der Waals surface area contributed by atoms with Gasteiger partial charge in [-0.25, -0.2) is 0 Å². The van der Waals surface area contributed by atoms with E-state index in [1.165, 1.54) is 0 Å². The molecule has 0 aromatic heterocycles. The summed E-state index contributed by atoms with van der Waals surface area (Å²) in [6, 6.07) is 0. The van der Waals surface area contributed by atoms with E-state index in [1.807, 2.05) is 0 Å². The summed E-state index contributed by atoms with van der Waals surface area (Å²) in [6.07, 6.45) is -1.36. The summed E-state index contributed by atoms with van der Waals surface area (Å²) in [5, 5.41) is 23.9. The minimum atomic E-state index is -1.36. The number of carbonyl (C=O) groups is 2. The molecule has 0 aromatic carbocycles. The lowest BCUT2D eigenvalue weighted by Gasteiger charge is -2.27. The van der Waals surface area contributed by atoms with Crippen LogP contribution in [-0.2, 0) is 9.59 Å². The molecule has 0 fully saturated rings. The first-order valence-electron chi connectivity index (χ1n) is 7.34. The summed E-state index contributed by atoms with van der Waals surface area (Å²) in [6.45, 7) is 9.85. The Morgan fingerprint density at radius 1 is 1.19 bits per heavy atom. The zero-order chi connectivity index (χ0) is 16.5. The maximum absolute atomic E-state index is 11.7. The number of carbonyl (C=O) groups excluding carboxylic acids is 2. The van der Waals surface area contributed by atoms with Crippen LogP contribution in [0.1, 0.15) is 27.7 Å². The highest BCUT2D eigenvalue weighted by Gasteiger charge is 2.32. The van der Waals surface area contributed by atoms with E-state index in [0.717, 1.165) is 19.6 Å². The maximum atomic E-state index is 11.7. The highest BCUT2D eigenvalue weighted by molar-refractivity contribution is 5.87. The second kappa shape index (κ2) is 9.70. The van der Waals surface area contributed by atoms with Gasteiger partial charge in [0.1, 0.15) is 6.10 Å². The standard InChI is InChI=1S/C14H29N3O4/c1-5-17(6-2)8-7-15-11(19)9-16-13(21)12(20)14(3,4)10-18/h12,18,20H,5-10H2,1-4H3,(H,15,19)(H,16,21)/t12-/m0/s1. The van der Waals surface area contributed by atoms with Crippen molar-refractivity contribution in [3.05, 3.63) is 0 Å². The number of amides is 2. The first-order chi connectivity index (χ1) is 9.78. The minimum Gasteiger partial charge on any atom is -0.396 e. The molecule has 0 saturated carbocycles. The Morgan fingerprint density at radius 3 is 2.24 bits per heavy atom. The topological polar surface area (TPSA) is 102 Å². The Balaban J connectivity index is 4.00. The van der Waals surface area contributed by atoms with Gasteiger partial charge >= 0.3 is 0 Å². The molecule has 0 heterocycles. The van der Waals surface area contributed by atoms with Gasteiger partial charge in [0.15, 0.2) is 0 Å². The van der Waals surface area contributed by atoms with Crippen molar-refractivity contribution in [3.63, 3.8) is 0 Å². The highest BCUT2D eigenvalue weighted by Crippen LogP contribution is 2.19. The summed E-state index contributed by atoms with van der Waals surface area (Å²) in [5.41, 5.74) is -0.941.